The van der Waals surface area contributed by atoms with Crippen LogP contribution in [0.4, 0.5) is 5.69 Å². The van der Waals surface area contributed by atoms with Crippen LogP contribution in [0.3, 0.4) is 0 Å². The van der Waals surface area contributed by atoms with E-state index in [0.717, 1.165) is 16.8 Å². The van der Waals surface area contributed by atoms with E-state index in [4.69, 9.17) is 5.73 Å². The molecule has 0 atom stereocenters. The first-order valence-electron chi connectivity index (χ1n) is 4.19. The van der Waals surface area contributed by atoms with Gasteiger partial charge >= 0.3 is 0 Å². The fourth-order valence-electron chi connectivity index (χ4n) is 1.30. The molecular weight excluding hydrogens is 247 g/mol. The van der Waals surface area contributed by atoms with E-state index in [1.807, 2.05) is 48.5 Å². The van der Waals surface area contributed by atoms with Crippen molar-refractivity contribution < 1.29 is 32.7 Å². The number of rotatable bonds is 1. The van der Waals surface area contributed by atoms with E-state index in [1.54, 1.807) is 0 Å². The van der Waals surface area contributed by atoms with Gasteiger partial charge in [0.25, 0.3) is 0 Å². The second-order valence-electron chi connectivity index (χ2n) is 2.86. The average molecular weight is 257 g/mol. The molecule has 2 N–H and O–H groups in total. The van der Waals surface area contributed by atoms with Crippen LogP contribution in [-0.4, -0.2) is 0 Å². The number of nitrogen functional groups attached to an aromatic ring is 1. The minimum absolute atomic E-state index is 0. The molecule has 0 spiro atoms. The van der Waals surface area contributed by atoms with Gasteiger partial charge in [-0.15, -0.1) is 35.9 Å². The molecule has 0 aliphatic heterocycles. The van der Waals surface area contributed by atoms with Crippen molar-refractivity contribution in [3.8, 4) is 11.1 Å². The Morgan fingerprint density at radius 2 is 1.64 bits per heavy atom. The van der Waals surface area contributed by atoms with Gasteiger partial charge in [-0.25, -0.2) is 0 Å². The Bertz CT molecular complexity index is 398. The van der Waals surface area contributed by atoms with Crippen molar-refractivity contribution in [3.63, 3.8) is 0 Å². The number of anilines is 1. The van der Waals surface area contributed by atoms with Crippen LogP contribution in [-0.2, 0) is 32.7 Å². The first kappa shape index (κ1) is 11.4. The van der Waals surface area contributed by atoms with Gasteiger partial charge in [0, 0.05) is 32.7 Å². The standard InChI is InChI=1S/C12H10N.Y/c13-12-9-5-4-8-11(12)10-6-2-1-3-7-10;/h1-6,8-9H,13H2;/q-1;. The molecule has 2 heteroatoms. The molecule has 2 rings (SSSR count). The van der Waals surface area contributed by atoms with Crippen molar-refractivity contribution in [2.45, 2.75) is 0 Å². The van der Waals surface area contributed by atoms with Crippen LogP contribution in [0.25, 0.3) is 11.1 Å². The zero-order valence-electron chi connectivity index (χ0n) is 7.77. The zero-order valence-corrected chi connectivity index (χ0v) is 10.6. The van der Waals surface area contributed by atoms with Gasteiger partial charge < -0.3 is 5.73 Å². The van der Waals surface area contributed by atoms with Crippen LogP contribution in [0, 0.1) is 6.07 Å². The van der Waals surface area contributed by atoms with E-state index in [0.29, 0.717) is 0 Å². The van der Waals surface area contributed by atoms with Gasteiger partial charge in [0.05, 0.1) is 0 Å². The first-order valence-corrected chi connectivity index (χ1v) is 4.19. The predicted octanol–water partition coefficient (Wildman–Crippen LogP) is 2.73. The van der Waals surface area contributed by atoms with Crippen molar-refractivity contribution in [2.24, 2.45) is 0 Å². The summed E-state index contributed by atoms with van der Waals surface area (Å²) in [5.41, 5.74) is 8.72. The molecule has 0 aliphatic rings. The summed E-state index contributed by atoms with van der Waals surface area (Å²) in [5.74, 6) is 0. The summed E-state index contributed by atoms with van der Waals surface area (Å²) < 4.78 is 0. The van der Waals surface area contributed by atoms with Crippen molar-refractivity contribution in [1.29, 1.82) is 0 Å². The summed E-state index contributed by atoms with van der Waals surface area (Å²) in [4.78, 5) is 0. The number of hydrogen-bond acceptors (Lipinski definition) is 1. The summed E-state index contributed by atoms with van der Waals surface area (Å²) in [6.07, 6.45) is 0. The molecule has 0 heterocycles. The van der Waals surface area contributed by atoms with Crippen molar-refractivity contribution >= 4 is 5.69 Å². The first-order chi connectivity index (χ1) is 6.38. The molecule has 0 saturated carbocycles. The van der Waals surface area contributed by atoms with Crippen molar-refractivity contribution in [2.75, 3.05) is 5.73 Å². The molecule has 0 amide bonds. The van der Waals surface area contributed by atoms with Gasteiger partial charge in [-0.1, -0.05) is 23.8 Å². The molecule has 0 bridgehead atoms. The molecule has 2 aromatic carbocycles. The average Bonchev–Trinajstić information content (AvgIpc) is 2.20. The minimum Gasteiger partial charge on any atom is -0.406 e. The fraction of sp³-hybridized carbons (Fsp3) is 0. The van der Waals surface area contributed by atoms with Crippen LogP contribution >= 0.6 is 0 Å². The number of benzene rings is 2. The molecule has 0 saturated heterocycles. The van der Waals surface area contributed by atoms with Crippen molar-refractivity contribution in [3.05, 3.63) is 54.6 Å². The van der Waals surface area contributed by atoms with Gasteiger partial charge in [-0.05, 0) is 11.8 Å². The smallest absolute Gasteiger partial charge is 0 e. The summed E-state index contributed by atoms with van der Waals surface area (Å²) in [7, 11) is 0. The predicted molar refractivity (Wildman–Crippen MR) is 55.1 cm³/mol. The van der Waals surface area contributed by atoms with Crippen LogP contribution in [0.2, 0.25) is 0 Å². The molecule has 67 valence electrons. The van der Waals surface area contributed by atoms with Gasteiger partial charge in [-0.3, -0.25) is 0 Å². The Labute approximate surface area is 109 Å². The van der Waals surface area contributed by atoms with Gasteiger partial charge in [-0.2, -0.15) is 0 Å². The maximum Gasteiger partial charge on any atom is 0 e. The van der Waals surface area contributed by atoms with Gasteiger partial charge in [0.1, 0.15) is 0 Å². The third-order valence-electron chi connectivity index (χ3n) is 1.96. The maximum absolute atomic E-state index is 5.83. The Kier molecular flexibility index (Phi) is 4.31. The van der Waals surface area contributed by atoms with Crippen LogP contribution in [0.1, 0.15) is 0 Å². The fourth-order valence-corrected chi connectivity index (χ4v) is 1.30. The largest absolute Gasteiger partial charge is 0.406 e. The molecule has 2 aromatic rings. The van der Waals surface area contributed by atoms with Crippen LogP contribution < -0.4 is 5.73 Å². The van der Waals surface area contributed by atoms with Gasteiger partial charge in [0.15, 0.2) is 0 Å². The van der Waals surface area contributed by atoms with E-state index in [-0.39, 0.29) is 32.7 Å². The third kappa shape index (κ3) is 2.43. The minimum atomic E-state index is 0. The SMILES string of the molecule is Nc1ccccc1-c1[c-]cccc1.[Y]. The molecule has 0 aliphatic carbocycles. The third-order valence-corrected chi connectivity index (χ3v) is 1.96. The second-order valence-corrected chi connectivity index (χ2v) is 2.86. The molecule has 1 radical (unpaired) electrons. The normalized spacial score (nSPS) is 9.14. The summed E-state index contributed by atoms with van der Waals surface area (Å²) in [6, 6.07) is 18.8. The topological polar surface area (TPSA) is 26.0 Å². The summed E-state index contributed by atoms with van der Waals surface area (Å²) in [5, 5.41) is 0. The van der Waals surface area contributed by atoms with Crippen molar-refractivity contribution in [1.82, 2.24) is 0 Å². The van der Waals surface area contributed by atoms with Crippen LogP contribution in [0.5, 0.6) is 0 Å². The molecule has 14 heavy (non-hydrogen) atoms. The Morgan fingerprint density at radius 3 is 2.29 bits per heavy atom. The summed E-state index contributed by atoms with van der Waals surface area (Å²) >= 11 is 0. The van der Waals surface area contributed by atoms with E-state index < -0.39 is 0 Å². The van der Waals surface area contributed by atoms with E-state index in [2.05, 4.69) is 6.07 Å². The van der Waals surface area contributed by atoms with Gasteiger partial charge in [0.2, 0.25) is 0 Å². The zero-order chi connectivity index (χ0) is 9.10. The maximum atomic E-state index is 5.83. The molecular formula is C12H10NY-. The van der Waals surface area contributed by atoms with E-state index >= 15 is 0 Å². The molecule has 0 fully saturated rings. The molecule has 0 aromatic heterocycles. The monoisotopic (exact) mass is 257 g/mol. The summed E-state index contributed by atoms with van der Waals surface area (Å²) in [6.45, 7) is 0. The molecule has 1 nitrogen and oxygen atoms in total. The van der Waals surface area contributed by atoms with E-state index in [9.17, 15) is 0 Å². The Balaban J connectivity index is 0.000000980. The number of nitrogens with two attached hydrogens (primary N) is 1. The number of hydrogen-bond donors (Lipinski definition) is 1. The Hall–Kier alpha value is -0.656. The Morgan fingerprint density at radius 1 is 0.929 bits per heavy atom. The molecule has 0 unspecified atom stereocenters. The number of para-hydroxylation sites is 1. The second kappa shape index (κ2) is 5.28. The quantitative estimate of drug-likeness (QED) is 0.617. The van der Waals surface area contributed by atoms with E-state index in [1.165, 1.54) is 0 Å². The van der Waals surface area contributed by atoms with Crippen LogP contribution in [0.15, 0.2) is 48.5 Å².